The van der Waals surface area contributed by atoms with Gasteiger partial charge in [-0.15, -0.1) is 3.89 Å². The maximum absolute atomic E-state index is 12.6. The number of aromatic nitrogens is 1. The molecule has 1 aromatic heterocycles. The first-order chi connectivity index (χ1) is 5.95. The molecule has 72 valence electrons. The van der Waals surface area contributed by atoms with Crippen LogP contribution in [-0.4, -0.2) is 13.4 Å². The van der Waals surface area contributed by atoms with Crippen LogP contribution in [0.1, 0.15) is 18.3 Å². The van der Waals surface area contributed by atoms with E-state index in [0.29, 0.717) is 12.1 Å². The van der Waals surface area contributed by atoms with Gasteiger partial charge in [0.1, 0.15) is 4.90 Å². The highest BCUT2D eigenvalue weighted by Crippen LogP contribution is 2.16. The zero-order valence-corrected chi connectivity index (χ0v) is 8.23. The van der Waals surface area contributed by atoms with Gasteiger partial charge in [-0.1, -0.05) is 6.92 Å². The molecule has 1 heterocycles. The van der Waals surface area contributed by atoms with Crippen LogP contribution >= 0.6 is 0 Å². The summed E-state index contributed by atoms with van der Waals surface area (Å²) in [7, 11) is -4.62. The number of aryl methyl sites for hydroxylation is 2. The molecule has 0 bridgehead atoms. The fourth-order valence-electron chi connectivity index (χ4n) is 1.07. The Kier molecular flexibility index (Phi) is 2.66. The van der Waals surface area contributed by atoms with E-state index >= 15 is 0 Å². The van der Waals surface area contributed by atoms with Gasteiger partial charge in [-0.25, -0.2) is 0 Å². The van der Waals surface area contributed by atoms with E-state index in [-0.39, 0.29) is 10.6 Å². The summed E-state index contributed by atoms with van der Waals surface area (Å²) < 4.78 is 33.9. The lowest BCUT2D eigenvalue weighted by atomic mass is 10.2. The van der Waals surface area contributed by atoms with Crippen LogP contribution in [0, 0.1) is 6.92 Å². The number of rotatable bonds is 2. The summed E-state index contributed by atoms with van der Waals surface area (Å²) >= 11 is 0. The standard InChI is InChI=1S/C8H10FNO2S/c1-3-7-8(13(9,11)12)5-4-6(2)10-7/h4-5H,3H2,1-2H3. The first-order valence-corrected chi connectivity index (χ1v) is 5.24. The van der Waals surface area contributed by atoms with Crippen LogP contribution in [0.3, 0.4) is 0 Å². The first-order valence-electron chi connectivity index (χ1n) is 3.86. The molecule has 0 saturated heterocycles. The molecule has 1 rings (SSSR count). The molecule has 13 heavy (non-hydrogen) atoms. The van der Waals surface area contributed by atoms with Crippen molar-refractivity contribution in [1.82, 2.24) is 4.98 Å². The zero-order valence-electron chi connectivity index (χ0n) is 7.41. The molecule has 0 aromatic carbocycles. The van der Waals surface area contributed by atoms with Gasteiger partial charge in [-0.05, 0) is 25.5 Å². The van der Waals surface area contributed by atoms with E-state index in [1.165, 1.54) is 12.1 Å². The Balaban J connectivity index is 3.39. The molecule has 0 aliphatic rings. The van der Waals surface area contributed by atoms with Crippen LogP contribution in [0.4, 0.5) is 3.89 Å². The summed E-state index contributed by atoms with van der Waals surface area (Å²) in [6.45, 7) is 3.46. The van der Waals surface area contributed by atoms with Gasteiger partial charge in [0.25, 0.3) is 0 Å². The van der Waals surface area contributed by atoms with Crippen LogP contribution in [0.15, 0.2) is 17.0 Å². The second-order valence-corrected chi connectivity index (χ2v) is 4.00. The van der Waals surface area contributed by atoms with Crippen molar-refractivity contribution in [3.63, 3.8) is 0 Å². The Hall–Kier alpha value is -0.970. The van der Waals surface area contributed by atoms with Crippen molar-refractivity contribution in [2.24, 2.45) is 0 Å². The predicted octanol–water partition coefficient (Wildman–Crippen LogP) is 1.61. The molecule has 3 nitrogen and oxygen atoms in total. The van der Waals surface area contributed by atoms with Crippen molar-refractivity contribution >= 4 is 10.2 Å². The van der Waals surface area contributed by atoms with Gasteiger partial charge in [-0.3, -0.25) is 4.98 Å². The molecule has 0 unspecified atom stereocenters. The molecule has 0 radical (unpaired) electrons. The van der Waals surface area contributed by atoms with Gasteiger partial charge in [0.15, 0.2) is 0 Å². The van der Waals surface area contributed by atoms with Crippen molar-refractivity contribution in [1.29, 1.82) is 0 Å². The maximum Gasteiger partial charge on any atom is 0.333 e. The molecule has 0 N–H and O–H groups in total. The molecule has 0 fully saturated rings. The highest BCUT2D eigenvalue weighted by atomic mass is 32.3. The van der Waals surface area contributed by atoms with Crippen molar-refractivity contribution in [3.8, 4) is 0 Å². The third-order valence-electron chi connectivity index (χ3n) is 1.67. The minimum absolute atomic E-state index is 0.280. The van der Waals surface area contributed by atoms with E-state index in [2.05, 4.69) is 4.98 Å². The number of pyridine rings is 1. The fraction of sp³-hybridized carbons (Fsp3) is 0.375. The Morgan fingerprint density at radius 2 is 2.08 bits per heavy atom. The average molecular weight is 203 g/mol. The number of halogens is 1. The molecule has 1 aromatic rings. The lowest BCUT2D eigenvalue weighted by Gasteiger charge is -2.02. The number of hydrogen-bond donors (Lipinski definition) is 0. The predicted molar refractivity (Wildman–Crippen MR) is 46.6 cm³/mol. The molecule has 0 amide bonds. The van der Waals surface area contributed by atoms with Crippen LogP contribution in [0.5, 0.6) is 0 Å². The molecular weight excluding hydrogens is 193 g/mol. The highest BCUT2D eigenvalue weighted by Gasteiger charge is 2.16. The number of hydrogen-bond acceptors (Lipinski definition) is 3. The monoisotopic (exact) mass is 203 g/mol. The smallest absolute Gasteiger partial charge is 0.257 e. The minimum atomic E-state index is -4.62. The summed E-state index contributed by atoms with van der Waals surface area (Å²) in [6.07, 6.45) is 0.403. The Labute approximate surface area is 76.8 Å². The largest absolute Gasteiger partial charge is 0.333 e. The summed E-state index contributed by atoms with van der Waals surface area (Å²) in [5.41, 5.74) is 0.965. The van der Waals surface area contributed by atoms with Crippen LogP contribution in [0.2, 0.25) is 0 Å². The lowest BCUT2D eigenvalue weighted by Crippen LogP contribution is -2.01. The van der Waals surface area contributed by atoms with Gasteiger partial charge >= 0.3 is 10.2 Å². The van der Waals surface area contributed by atoms with Gasteiger partial charge in [0.2, 0.25) is 0 Å². The van der Waals surface area contributed by atoms with Gasteiger partial charge in [-0.2, -0.15) is 8.42 Å². The summed E-state index contributed by atoms with van der Waals surface area (Å²) in [5, 5.41) is 0. The van der Waals surface area contributed by atoms with Gasteiger partial charge in [0.05, 0.1) is 5.69 Å². The molecule has 0 atom stereocenters. The van der Waals surface area contributed by atoms with Crippen molar-refractivity contribution in [2.45, 2.75) is 25.2 Å². The van der Waals surface area contributed by atoms with E-state index < -0.39 is 10.2 Å². The maximum atomic E-state index is 12.6. The minimum Gasteiger partial charge on any atom is -0.257 e. The van der Waals surface area contributed by atoms with Crippen molar-refractivity contribution in [3.05, 3.63) is 23.5 Å². The third-order valence-corrected chi connectivity index (χ3v) is 2.57. The topological polar surface area (TPSA) is 47.0 Å². The molecule has 0 aliphatic heterocycles. The quantitative estimate of drug-likeness (QED) is 0.686. The van der Waals surface area contributed by atoms with E-state index in [9.17, 15) is 12.3 Å². The molecule has 0 spiro atoms. The molecule has 0 saturated carbocycles. The summed E-state index contributed by atoms with van der Waals surface area (Å²) in [5.74, 6) is 0. The van der Waals surface area contributed by atoms with Crippen LogP contribution in [0.25, 0.3) is 0 Å². The molecule has 0 aliphatic carbocycles. The Morgan fingerprint density at radius 1 is 1.46 bits per heavy atom. The Morgan fingerprint density at radius 3 is 2.54 bits per heavy atom. The summed E-state index contributed by atoms with van der Waals surface area (Å²) in [4.78, 5) is 3.62. The second-order valence-electron chi connectivity index (χ2n) is 2.69. The highest BCUT2D eigenvalue weighted by molar-refractivity contribution is 7.86. The van der Waals surface area contributed by atoms with Crippen LogP contribution < -0.4 is 0 Å². The van der Waals surface area contributed by atoms with Crippen molar-refractivity contribution < 1.29 is 12.3 Å². The van der Waals surface area contributed by atoms with E-state index in [4.69, 9.17) is 0 Å². The van der Waals surface area contributed by atoms with Crippen molar-refractivity contribution in [2.75, 3.05) is 0 Å². The van der Waals surface area contributed by atoms with E-state index in [1.807, 2.05) is 0 Å². The fourth-order valence-corrected chi connectivity index (χ4v) is 1.78. The normalized spacial score (nSPS) is 11.6. The molecule has 5 heteroatoms. The second kappa shape index (κ2) is 3.41. The summed E-state index contributed by atoms with van der Waals surface area (Å²) in [6, 6.07) is 2.72. The Bertz CT molecular complexity index is 414. The average Bonchev–Trinajstić information content (AvgIpc) is 2.01. The van der Waals surface area contributed by atoms with Crippen LogP contribution in [-0.2, 0) is 16.6 Å². The van der Waals surface area contributed by atoms with Gasteiger partial charge < -0.3 is 0 Å². The van der Waals surface area contributed by atoms with Gasteiger partial charge in [0, 0.05) is 5.69 Å². The molecular formula is C8H10FNO2S. The first kappa shape index (κ1) is 10.1. The zero-order chi connectivity index (χ0) is 10.1. The SMILES string of the molecule is CCc1nc(C)ccc1S(=O)(=O)F. The number of nitrogens with zero attached hydrogens (tertiary/aromatic N) is 1. The third kappa shape index (κ3) is 2.24. The lowest BCUT2D eigenvalue weighted by molar-refractivity contribution is 0.550. The van der Waals surface area contributed by atoms with E-state index in [1.54, 1.807) is 13.8 Å². The van der Waals surface area contributed by atoms with E-state index in [0.717, 1.165) is 0 Å².